The topological polar surface area (TPSA) is 27.7 Å². The molecule has 122 valence electrons. The van der Waals surface area contributed by atoms with Gasteiger partial charge in [0.15, 0.2) is 0 Å². The molecule has 0 unspecified atom stereocenters. The molecule has 0 fully saturated rings. The Balaban J connectivity index is 4.72. The lowest BCUT2D eigenvalue weighted by atomic mass is 10.9. The predicted molar refractivity (Wildman–Crippen MR) is 95.9 cm³/mol. The van der Waals surface area contributed by atoms with Gasteiger partial charge in [-0.25, -0.2) is 0 Å². The molecule has 0 aromatic heterocycles. The van der Waals surface area contributed by atoms with Crippen molar-refractivity contribution >= 4 is 25.0 Å². The minimum Gasteiger partial charge on any atom is -0.374 e. The molecule has 0 heterocycles. The summed E-state index contributed by atoms with van der Waals surface area (Å²) < 4.78 is 17.9. The summed E-state index contributed by atoms with van der Waals surface area (Å²) in [7, 11) is -4.60. The molecule has 20 heavy (non-hydrogen) atoms. The van der Waals surface area contributed by atoms with Gasteiger partial charge in [-0.3, -0.25) is 0 Å². The van der Waals surface area contributed by atoms with Gasteiger partial charge in [-0.15, -0.1) is 0 Å². The van der Waals surface area contributed by atoms with Crippen LogP contribution in [-0.4, -0.2) is 44.8 Å². The fraction of sp³-hybridized carbons (Fsp3) is 1.00. The Bertz CT molecular complexity index is 248. The lowest BCUT2D eigenvalue weighted by molar-refractivity contribution is 0.0725. The first-order valence-electron chi connectivity index (χ1n) is 8.01. The van der Waals surface area contributed by atoms with Crippen molar-refractivity contribution < 1.29 is 13.3 Å². The number of rotatable bonds is 11. The van der Waals surface area contributed by atoms with Crippen LogP contribution in [0.2, 0.25) is 50.5 Å². The Hall–Kier alpha value is 0.531. The molecule has 0 spiro atoms. The van der Waals surface area contributed by atoms with Gasteiger partial charge in [0.05, 0.1) is 0 Å². The molecule has 0 rings (SSSR count). The first-order valence-corrected chi connectivity index (χ1v) is 17.1. The van der Waals surface area contributed by atoms with Crippen molar-refractivity contribution in [3.63, 3.8) is 0 Å². The lowest BCUT2D eigenvalue weighted by Gasteiger charge is -2.34. The fourth-order valence-corrected chi connectivity index (χ4v) is 21.1. The van der Waals surface area contributed by atoms with Crippen LogP contribution in [0.1, 0.15) is 20.8 Å². The van der Waals surface area contributed by atoms with Gasteiger partial charge in [0.1, 0.15) is 0 Å². The molecule has 0 aliphatic carbocycles. The van der Waals surface area contributed by atoms with Gasteiger partial charge in [-0.05, 0) is 20.8 Å². The van der Waals surface area contributed by atoms with Gasteiger partial charge in [0, 0.05) is 42.0 Å². The van der Waals surface area contributed by atoms with E-state index < -0.39 is 25.0 Å². The summed E-state index contributed by atoms with van der Waals surface area (Å²) in [6.45, 7) is 20.6. The quantitative estimate of drug-likeness (QED) is 0.515. The zero-order chi connectivity index (χ0) is 15.9. The van der Waals surface area contributed by atoms with Crippen LogP contribution in [0.25, 0.3) is 0 Å². The molecule has 6 heteroatoms. The summed E-state index contributed by atoms with van der Waals surface area (Å²) >= 11 is 0. The molecule has 0 N–H and O–H groups in total. The molecule has 0 atom stereocenters. The van der Waals surface area contributed by atoms with Gasteiger partial charge < -0.3 is 13.3 Å². The van der Waals surface area contributed by atoms with Gasteiger partial charge >= 0.3 is 8.80 Å². The second-order valence-electron chi connectivity index (χ2n) is 7.38. The Morgan fingerprint density at radius 3 is 1.35 bits per heavy atom. The lowest BCUT2D eigenvalue weighted by Crippen LogP contribution is -2.48. The average molecular weight is 337 g/mol. The zero-order valence-electron chi connectivity index (χ0n) is 15.0. The minimum absolute atomic E-state index is 0.683. The van der Waals surface area contributed by atoms with E-state index in [9.17, 15) is 0 Å². The SMILES string of the molecule is CCO[Si](CC[Si](C)(C)C[Si](C)(C)C)(OCC)OCC. The highest BCUT2D eigenvalue weighted by molar-refractivity contribution is 6.95. The Morgan fingerprint density at radius 2 is 1.05 bits per heavy atom. The van der Waals surface area contributed by atoms with Crippen LogP contribution < -0.4 is 0 Å². The van der Waals surface area contributed by atoms with E-state index in [4.69, 9.17) is 13.3 Å². The highest BCUT2D eigenvalue weighted by atomic mass is 28.4. The number of hydrogen-bond donors (Lipinski definition) is 0. The van der Waals surface area contributed by atoms with Crippen molar-refractivity contribution in [2.75, 3.05) is 19.8 Å². The van der Waals surface area contributed by atoms with Crippen LogP contribution in [-0.2, 0) is 13.3 Å². The van der Waals surface area contributed by atoms with Crippen LogP contribution in [0.15, 0.2) is 0 Å². The monoisotopic (exact) mass is 336 g/mol. The maximum Gasteiger partial charge on any atom is 0.500 e. The second-order valence-corrected chi connectivity index (χ2v) is 21.5. The third kappa shape index (κ3) is 8.74. The molecule has 0 bridgehead atoms. The molecule has 0 saturated heterocycles. The largest absolute Gasteiger partial charge is 0.500 e. The summed E-state index contributed by atoms with van der Waals surface area (Å²) in [6.07, 6.45) is 0. The first kappa shape index (κ1) is 20.5. The van der Waals surface area contributed by atoms with E-state index in [2.05, 4.69) is 32.7 Å². The summed E-state index contributed by atoms with van der Waals surface area (Å²) in [5.74, 6) is 0. The van der Waals surface area contributed by atoms with Crippen LogP contribution >= 0.6 is 0 Å². The van der Waals surface area contributed by atoms with Crippen LogP contribution in [0.4, 0.5) is 0 Å². The van der Waals surface area contributed by atoms with Gasteiger partial charge in [0.25, 0.3) is 0 Å². The summed E-state index contributed by atoms with van der Waals surface area (Å²) in [4.78, 5) is 0. The maximum atomic E-state index is 5.96. The predicted octanol–water partition coefficient (Wildman–Crippen LogP) is 4.62. The van der Waals surface area contributed by atoms with E-state index >= 15 is 0 Å². The van der Waals surface area contributed by atoms with Crippen LogP contribution in [0.3, 0.4) is 0 Å². The molecule has 0 aromatic carbocycles. The van der Waals surface area contributed by atoms with Crippen molar-refractivity contribution in [1.82, 2.24) is 0 Å². The van der Waals surface area contributed by atoms with Crippen LogP contribution in [0, 0.1) is 0 Å². The first-order chi connectivity index (χ1) is 9.10. The highest BCUT2D eigenvalue weighted by Crippen LogP contribution is 2.29. The van der Waals surface area contributed by atoms with Gasteiger partial charge in [-0.2, -0.15) is 0 Å². The molecular formula is C14H36O3Si3. The Morgan fingerprint density at radius 1 is 0.650 bits per heavy atom. The molecule has 0 aliphatic rings. The summed E-state index contributed by atoms with van der Waals surface area (Å²) in [6, 6.07) is 2.25. The summed E-state index contributed by atoms with van der Waals surface area (Å²) in [5.41, 5.74) is 1.47. The van der Waals surface area contributed by atoms with Gasteiger partial charge in [0.2, 0.25) is 0 Å². The molecule has 0 amide bonds. The van der Waals surface area contributed by atoms with Crippen molar-refractivity contribution in [3.8, 4) is 0 Å². The van der Waals surface area contributed by atoms with E-state index in [0.717, 1.165) is 6.04 Å². The van der Waals surface area contributed by atoms with Crippen molar-refractivity contribution in [2.24, 2.45) is 0 Å². The minimum atomic E-state index is -2.43. The third-order valence-corrected chi connectivity index (χ3v) is 16.4. The summed E-state index contributed by atoms with van der Waals surface area (Å²) in [5, 5.41) is 0. The molecule has 0 aromatic rings. The fourth-order valence-electron chi connectivity index (χ4n) is 3.02. The van der Waals surface area contributed by atoms with E-state index in [-0.39, 0.29) is 0 Å². The van der Waals surface area contributed by atoms with E-state index in [0.29, 0.717) is 19.8 Å². The van der Waals surface area contributed by atoms with E-state index in [1.165, 1.54) is 11.7 Å². The van der Waals surface area contributed by atoms with Crippen molar-refractivity contribution in [2.45, 2.75) is 71.3 Å². The van der Waals surface area contributed by atoms with E-state index in [1.54, 1.807) is 0 Å². The smallest absolute Gasteiger partial charge is 0.374 e. The molecule has 3 nitrogen and oxygen atoms in total. The molecule has 0 saturated carbocycles. The average Bonchev–Trinajstić information content (AvgIpc) is 2.24. The number of hydrogen-bond acceptors (Lipinski definition) is 3. The highest BCUT2D eigenvalue weighted by Gasteiger charge is 2.42. The maximum absolute atomic E-state index is 5.96. The molecule has 0 radical (unpaired) electrons. The van der Waals surface area contributed by atoms with Crippen molar-refractivity contribution in [1.29, 1.82) is 0 Å². The Kier molecular flexibility index (Phi) is 9.08. The van der Waals surface area contributed by atoms with Crippen LogP contribution in [0.5, 0.6) is 0 Å². The Labute approximate surface area is 129 Å². The molecule has 0 aliphatic heterocycles. The normalized spacial score (nSPS) is 13.8. The van der Waals surface area contributed by atoms with Crippen molar-refractivity contribution in [3.05, 3.63) is 0 Å². The standard InChI is InChI=1S/C14H36O3Si3/c1-9-15-20(16-10-2,17-11-3)13-12-19(7,8)14-18(4,5)6/h9-14H2,1-8H3. The zero-order valence-corrected chi connectivity index (χ0v) is 18.0. The van der Waals surface area contributed by atoms with E-state index in [1.807, 2.05) is 20.8 Å². The second kappa shape index (κ2) is 8.85. The molecular weight excluding hydrogens is 300 g/mol. The third-order valence-electron chi connectivity index (χ3n) is 3.21. The van der Waals surface area contributed by atoms with Gasteiger partial charge in [-0.1, -0.05) is 44.4 Å².